The summed E-state index contributed by atoms with van der Waals surface area (Å²) in [5.74, 6) is 1.42. The van der Waals surface area contributed by atoms with Gasteiger partial charge in [0.1, 0.15) is 22.3 Å². The van der Waals surface area contributed by atoms with Crippen LogP contribution in [0.4, 0.5) is 15.9 Å². The second-order valence-electron chi connectivity index (χ2n) is 6.90. The summed E-state index contributed by atoms with van der Waals surface area (Å²) in [6.45, 7) is 9.03. The first-order valence-corrected chi connectivity index (χ1v) is 10.2. The second-order valence-corrected chi connectivity index (χ2v) is 8.10. The fraction of sp³-hybridized carbons (Fsp3) is 0.217. The van der Waals surface area contributed by atoms with Gasteiger partial charge in [-0.3, -0.25) is 0 Å². The van der Waals surface area contributed by atoms with Crippen LogP contribution in [0, 0.1) is 26.6 Å². The van der Waals surface area contributed by atoms with Gasteiger partial charge in [-0.15, -0.1) is 11.3 Å². The van der Waals surface area contributed by atoms with Gasteiger partial charge in [0, 0.05) is 22.7 Å². The molecular formula is C23H22FN3S. The predicted octanol–water partition coefficient (Wildman–Crippen LogP) is 6.58. The molecule has 0 aliphatic carbocycles. The highest BCUT2D eigenvalue weighted by Gasteiger charge is 2.21. The summed E-state index contributed by atoms with van der Waals surface area (Å²) in [7, 11) is 0. The molecule has 0 N–H and O–H groups in total. The number of anilines is 2. The number of aryl methyl sites for hydroxylation is 3. The van der Waals surface area contributed by atoms with Crippen molar-refractivity contribution in [3.63, 3.8) is 0 Å². The largest absolute Gasteiger partial charge is 0.326 e. The van der Waals surface area contributed by atoms with E-state index in [1.54, 1.807) is 11.3 Å². The molecule has 2 aromatic heterocycles. The maximum Gasteiger partial charge on any atom is 0.146 e. The normalized spacial score (nSPS) is 11.2. The molecule has 3 nitrogen and oxygen atoms in total. The molecule has 0 aliphatic heterocycles. The van der Waals surface area contributed by atoms with Crippen molar-refractivity contribution >= 4 is 33.1 Å². The maximum absolute atomic E-state index is 13.5. The number of aromatic nitrogens is 2. The summed E-state index contributed by atoms with van der Waals surface area (Å²) < 4.78 is 13.5. The Balaban J connectivity index is 2.01. The minimum Gasteiger partial charge on any atom is -0.326 e. The van der Waals surface area contributed by atoms with Crippen molar-refractivity contribution < 1.29 is 4.39 Å². The van der Waals surface area contributed by atoms with E-state index < -0.39 is 0 Å². The van der Waals surface area contributed by atoms with Gasteiger partial charge in [-0.25, -0.2) is 14.4 Å². The number of rotatable bonds is 4. The molecule has 0 spiro atoms. The van der Waals surface area contributed by atoms with Crippen LogP contribution in [0.5, 0.6) is 0 Å². The molecule has 0 saturated carbocycles. The third-order valence-electron chi connectivity index (χ3n) is 4.84. The van der Waals surface area contributed by atoms with Crippen molar-refractivity contribution in [2.24, 2.45) is 0 Å². The Morgan fingerprint density at radius 3 is 2.43 bits per heavy atom. The van der Waals surface area contributed by atoms with E-state index in [1.807, 2.05) is 19.1 Å². The number of hydrogen-bond acceptors (Lipinski definition) is 4. The lowest BCUT2D eigenvalue weighted by atomic mass is 10.0. The van der Waals surface area contributed by atoms with E-state index in [9.17, 15) is 4.39 Å². The van der Waals surface area contributed by atoms with Crippen LogP contribution in [0.15, 0.2) is 48.5 Å². The SMILES string of the molecule is CCN(c1cccc(C)c1)c1nc(C)nc2sc(C)c(-c3ccc(F)cc3)c12. The second kappa shape index (κ2) is 7.32. The first kappa shape index (κ1) is 18.6. The van der Waals surface area contributed by atoms with Gasteiger partial charge >= 0.3 is 0 Å². The number of hydrogen-bond donors (Lipinski definition) is 0. The Labute approximate surface area is 168 Å². The van der Waals surface area contributed by atoms with E-state index in [1.165, 1.54) is 17.7 Å². The number of benzene rings is 2. The topological polar surface area (TPSA) is 29.0 Å². The third-order valence-corrected chi connectivity index (χ3v) is 5.84. The van der Waals surface area contributed by atoms with Crippen LogP contribution in [0.3, 0.4) is 0 Å². The van der Waals surface area contributed by atoms with Crippen LogP contribution in [0.2, 0.25) is 0 Å². The van der Waals surface area contributed by atoms with Crippen molar-refractivity contribution in [2.75, 3.05) is 11.4 Å². The summed E-state index contributed by atoms with van der Waals surface area (Å²) in [4.78, 5) is 13.9. The molecule has 0 aliphatic rings. The average Bonchev–Trinajstić information content (AvgIpc) is 2.98. The molecule has 28 heavy (non-hydrogen) atoms. The third kappa shape index (κ3) is 3.27. The van der Waals surface area contributed by atoms with E-state index in [0.717, 1.165) is 50.1 Å². The zero-order chi connectivity index (χ0) is 19.8. The Morgan fingerprint density at radius 2 is 1.75 bits per heavy atom. The summed E-state index contributed by atoms with van der Waals surface area (Å²) >= 11 is 1.66. The fourth-order valence-corrected chi connectivity index (χ4v) is 4.69. The van der Waals surface area contributed by atoms with Crippen LogP contribution >= 0.6 is 11.3 Å². The number of halogens is 1. The summed E-state index contributed by atoms with van der Waals surface area (Å²) in [5, 5.41) is 1.03. The maximum atomic E-state index is 13.5. The van der Waals surface area contributed by atoms with Crippen molar-refractivity contribution in [3.05, 3.63) is 70.6 Å². The fourth-order valence-electron chi connectivity index (χ4n) is 3.61. The van der Waals surface area contributed by atoms with Crippen LogP contribution in [0.25, 0.3) is 21.3 Å². The highest BCUT2D eigenvalue weighted by atomic mass is 32.1. The van der Waals surface area contributed by atoms with E-state index >= 15 is 0 Å². The van der Waals surface area contributed by atoms with Crippen LogP contribution in [-0.4, -0.2) is 16.5 Å². The molecule has 0 fully saturated rings. The molecular weight excluding hydrogens is 369 g/mol. The van der Waals surface area contributed by atoms with Crippen LogP contribution < -0.4 is 4.90 Å². The molecule has 0 saturated heterocycles. The highest BCUT2D eigenvalue weighted by Crippen LogP contribution is 2.43. The van der Waals surface area contributed by atoms with E-state index in [0.29, 0.717) is 0 Å². The molecule has 2 heterocycles. The smallest absolute Gasteiger partial charge is 0.146 e. The van der Waals surface area contributed by atoms with Gasteiger partial charge in [0.2, 0.25) is 0 Å². The number of nitrogens with zero attached hydrogens (tertiary/aromatic N) is 3. The molecule has 4 rings (SSSR count). The zero-order valence-electron chi connectivity index (χ0n) is 16.5. The Hall–Kier alpha value is -2.79. The van der Waals surface area contributed by atoms with Gasteiger partial charge in [0.25, 0.3) is 0 Å². The van der Waals surface area contributed by atoms with Gasteiger partial charge in [-0.2, -0.15) is 0 Å². The first-order valence-electron chi connectivity index (χ1n) is 9.35. The molecule has 0 bridgehead atoms. The van der Waals surface area contributed by atoms with Gasteiger partial charge in [0.15, 0.2) is 0 Å². The first-order chi connectivity index (χ1) is 13.5. The average molecular weight is 392 g/mol. The quantitative estimate of drug-likeness (QED) is 0.393. The van der Waals surface area contributed by atoms with Crippen molar-refractivity contribution in [2.45, 2.75) is 27.7 Å². The lowest BCUT2D eigenvalue weighted by Gasteiger charge is -2.24. The molecule has 2 aromatic carbocycles. The van der Waals surface area contributed by atoms with Crippen molar-refractivity contribution in [1.82, 2.24) is 9.97 Å². The lowest BCUT2D eigenvalue weighted by Crippen LogP contribution is -2.18. The Bertz CT molecular complexity index is 1150. The monoisotopic (exact) mass is 391 g/mol. The molecule has 0 amide bonds. The Kier molecular flexibility index (Phi) is 4.85. The van der Waals surface area contributed by atoms with Gasteiger partial charge in [0.05, 0.1) is 5.39 Å². The Morgan fingerprint density at radius 1 is 1.00 bits per heavy atom. The molecule has 5 heteroatoms. The summed E-state index contributed by atoms with van der Waals surface area (Å²) in [5.41, 5.74) is 4.38. The van der Waals surface area contributed by atoms with E-state index in [2.05, 4.69) is 49.9 Å². The van der Waals surface area contributed by atoms with Crippen molar-refractivity contribution in [3.8, 4) is 11.1 Å². The zero-order valence-corrected chi connectivity index (χ0v) is 17.3. The van der Waals surface area contributed by atoms with Gasteiger partial charge < -0.3 is 4.90 Å². The molecule has 0 atom stereocenters. The van der Waals surface area contributed by atoms with Crippen LogP contribution in [-0.2, 0) is 0 Å². The van der Waals surface area contributed by atoms with Gasteiger partial charge in [-0.05, 0) is 63.1 Å². The standard InChI is InChI=1S/C23H22FN3S/c1-5-27(19-8-6-7-14(2)13-19)22-21-20(17-9-11-18(24)12-10-17)15(3)28-23(21)26-16(4)25-22/h6-13H,5H2,1-4H3. The summed E-state index contributed by atoms with van der Waals surface area (Å²) in [6.07, 6.45) is 0. The summed E-state index contributed by atoms with van der Waals surface area (Å²) in [6, 6.07) is 15.1. The molecule has 0 radical (unpaired) electrons. The minimum absolute atomic E-state index is 0.233. The highest BCUT2D eigenvalue weighted by molar-refractivity contribution is 7.19. The van der Waals surface area contributed by atoms with E-state index in [-0.39, 0.29) is 5.82 Å². The molecule has 142 valence electrons. The van der Waals surface area contributed by atoms with E-state index in [4.69, 9.17) is 9.97 Å². The molecule has 0 unspecified atom stereocenters. The number of thiophene rings is 1. The van der Waals surface area contributed by atoms with Gasteiger partial charge in [-0.1, -0.05) is 24.3 Å². The molecule has 4 aromatic rings. The minimum atomic E-state index is -0.233. The predicted molar refractivity (Wildman–Crippen MR) is 116 cm³/mol. The number of fused-ring (bicyclic) bond motifs is 1. The van der Waals surface area contributed by atoms with Crippen LogP contribution in [0.1, 0.15) is 23.2 Å². The lowest BCUT2D eigenvalue weighted by molar-refractivity contribution is 0.628. The van der Waals surface area contributed by atoms with Crippen molar-refractivity contribution in [1.29, 1.82) is 0 Å².